The number of nitrogens with one attached hydrogen (secondary N) is 1. The Morgan fingerprint density at radius 1 is 1.69 bits per heavy atom. The van der Waals surface area contributed by atoms with Crippen LogP contribution < -0.4 is 10.4 Å². The number of aryl methyl sites for hydroxylation is 1. The molecule has 5 nitrogen and oxygen atoms in total. The van der Waals surface area contributed by atoms with Crippen LogP contribution in [0.2, 0.25) is 5.28 Å². The summed E-state index contributed by atoms with van der Waals surface area (Å²) >= 11 is 5.54. The Kier molecular flexibility index (Phi) is 3.02. The van der Waals surface area contributed by atoms with Crippen LogP contribution >= 0.6 is 11.6 Å². The van der Waals surface area contributed by atoms with E-state index in [-0.39, 0.29) is 11.8 Å². The summed E-state index contributed by atoms with van der Waals surface area (Å²) in [6.07, 6.45) is 0. The molecule has 0 aliphatic heterocycles. The van der Waals surface area contributed by atoms with E-state index < -0.39 is 5.97 Å². The highest BCUT2D eigenvalue weighted by Crippen LogP contribution is 2.08. The molecule has 1 aromatic rings. The maximum Gasteiger partial charge on any atom is 0.224 e. The van der Waals surface area contributed by atoms with Crippen LogP contribution in [0.15, 0.2) is 6.07 Å². The lowest BCUT2D eigenvalue weighted by atomic mass is 10.4. The van der Waals surface area contributed by atoms with Crippen LogP contribution in [0.4, 0.5) is 5.82 Å². The van der Waals surface area contributed by atoms with Crippen molar-refractivity contribution in [3.63, 3.8) is 0 Å². The van der Waals surface area contributed by atoms with Gasteiger partial charge in [-0.3, -0.25) is 0 Å². The Morgan fingerprint density at radius 2 is 2.38 bits per heavy atom. The molecule has 1 rings (SSSR count). The highest BCUT2D eigenvalue weighted by molar-refractivity contribution is 6.28. The number of rotatable bonds is 3. The highest BCUT2D eigenvalue weighted by atomic mass is 35.5. The van der Waals surface area contributed by atoms with Crippen molar-refractivity contribution in [1.82, 2.24) is 9.97 Å². The van der Waals surface area contributed by atoms with E-state index in [1.807, 2.05) is 0 Å². The maximum absolute atomic E-state index is 10.1. The Morgan fingerprint density at radius 3 is 2.92 bits per heavy atom. The van der Waals surface area contributed by atoms with Gasteiger partial charge in [0.1, 0.15) is 5.82 Å². The molecule has 13 heavy (non-hydrogen) atoms. The van der Waals surface area contributed by atoms with Gasteiger partial charge in [-0.2, -0.15) is 0 Å². The second kappa shape index (κ2) is 4.04. The Balaban J connectivity index is 2.71. The van der Waals surface area contributed by atoms with Crippen molar-refractivity contribution < 1.29 is 9.90 Å². The van der Waals surface area contributed by atoms with E-state index in [4.69, 9.17) is 11.6 Å². The number of hydrogen-bond donors (Lipinski definition) is 1. The van der Waals surface area contributed by atoms with Crippen molar-refractivity contribution in [2.75, 3.05) is 11.9 Å². The number of aliphatic carboxylic acids is 1. The van der Waals surface area contributed by atoms with Crippen LogP contribution in [0.3, 0.4) is 0 Å². The lowest BCUT2D eigenvalue weighted by Gasteiger charge is -2.06. The Bertz CT molecular complexity index is 309. The zero-order valence-corrected chi connectivity index (χ0v) is 7.63. The quantitative estimate of drug-likeness (QED) is 0.672. The van der Waals surface area contributed by atoms with Crippen LogP contribution in [-0.4, -0.2) is 22.5 Å². The predicted molar refractivity (Wildman–Crippen MR) is 45.3 cm³/mol. The minimum atomic E-state index is -1.20. The Labute approximate surface area is 79.8 Å². The molecule has 1 aromatic heterocycles. The first-order valence-electron chi connectivity index (χ1n) is 3.53. The molecule has 0 fully saturated rings. The van der Waals surface area contributed by atoms with Gasteiger partial charge in [-0.1, -0.05) is 0 Å². The minimum absolute atomic E-state index is 0.0841. The first kappa shape index (κ1) is 9.73. The fraction of sp³-hybridized carbons (Fsp3) is 0.286. The molecule has 0 spiro atoms. The molecule has 1 heterocycles. The molecular weight excluding hydrogens is 194 g/mol. The van der Waals surface area contributed by atoms with Crippen molar-refractivity contribution in [3.05, 3.63) is 17.0 Å². The Hall–Kier alpha value is -1.36. The van der Waals surface area contributed by atoms with Gasteiger partial charge in [0.15, 0.2) is 0 Å². The smallest absolute Gasteiger partial charge is 0.224 e. The summed E-state index contributed by atoms with van der Waals surface area (Å²) in [5, 5.41) is 12.7. The van der Waals surface area contributed by atoms with Gasteiger partial charge < -0.3 is 15.2 Å². The number of nitrogens with zero attached hydrogens (tertiary/aromatic N) is 2. The normalized spacial score (nSPS) is 9.69. The molecule has 0 bridgehead atoms. The molecule has 0 unspecified atom stereocenters. The number of carbonyl (C=O) groups excluding carboxylic acids is 1. The van der Waals surface area contributed by atoms with Crippen LogP contribution in [-0.2, 0) is 4.79 Å². The number of hydrogen-bond acceptors (Lipinski definition) is 5. The standard InChI is InChI=1S/C7H8ClN3O2/c1-4-2-5(9-3-6(12)13)11-7(8)10-4/h2H,3H2,1H3,(H,12,13)(H,9,10,11)/p-1. The average Bonchev–Trinajstić information content (AvgIpc) is 1.99. The minimum Gasteiger partial charge on any atom is -0.548 e. The molecule has 0 atom stereocenters. The molecule has 6 heteroatoms. The predicted octanol–water partition coefficient (Wildman–Crippen LogP) is -0.400. The molecule has 1 N–H and O–H groups in total. The zero-order chi connectivity index (χ0) is 9.84. The van der Waals surface area contributed by atoms with Gasteiger partial charge in [-0.25, -0.2) is 9.97 Å². The van der Waals surface area contributed by atoms with Gasteiger partial charge in [0.2, 0.25) is 5.28 Å². The topological polar surface area (TPSA) is 77.9 Å². The number of carbonyl (C=O) groups is 1. The lowest BCUT2D eigenvalue weighted by Crippen LogP contribution is -2.30. The molecule has 0 amide bonds. The van der Waals surface area contributed by atoms with E-state index in [2.05, 4.69) is 15.3 Å². The van der Waals surface area contributed by atoms with Gasteiger partial charge in [0, 0.05) is 11.8 Å². The number of carboxylic acid groups (broad SMARTS) is 1. The summed E-state index contributed by atoms with van der Waals surface area (Å²) in [7, 11) is 0. The number of carboxylic acids is 1. The van der Waals surface area contributed by atoms with Gasteiger partial charge in [-0.05, 0) is 18.5 Å². The van der Waals surface area contributed by atoms with Gasteiger partial charge in [0.25, 0.3) is 0 Å². The number of anilines is 1. The number of aromatic nitrogens is 2. The molecule has 0 saturated carbocycles. The summed E-state index contributed by atoms with van der Waals surface area (Å²) in [6.45, 7) is 1.44. The van der Waals surface area contributed by atoms with E-state index in [1.54, 1.807) is 13.0 Å². The molecule has 0 radical (unpaired) electrons. The second-order valence-corrected chi connectivity index (χ2v) is 2.73. The van der Waals surface area contributed by atoms with Crippen molar-refractivity contribution in [1.29, 1.82) is 0 Å². The number of halogens is 1. The maximum atomic E-state index is 10.1. The van der Waals surface area contributed by atoms with Crippen LogP contribution in [0.25, 0.3) is 0 Å². The fourth-order valence-electron chi connectivity index (χ4n) is 0.786. The second-order valence-electron chi connectivity index (χ2n) is 2.39. The summed E-state index contributed by atoms with van der Waals surface area (Å²) in [4.78, 5) is 17.7. The third kappa shape index (κ3) is 3.25. The molecular formula is C7H7ClN3O2-. The molecule has 0 aliphatic rings. The largest absolute Gasteiger partial charge is 0.548 e. The first-order valence-corrected chi connectivity index (χ1v) is 3.90. The molecule has 0 saturated heterocycles. The van der Waals surface area contributed by atoms with Crippen LogP contribution in [0.5, 0.6) is 0 Å². The van der Waals surface area contributed by atoms with Crippen molar-refractivity contribution >= 4 is 23.4 Å². The third-order valence-corrected chi connectivity index (χ3v) is 1.41. The lowest BCUT2D eigenvalue weighted by molar-refractivity contribution is -0.302. The molecule has 0 aromatic carbocycles. The van der Waals surface area contributed by atoms with Crippen molar-refractivity contribution in [2.45, 2.75) is 6.92 Å². The van der Waals surface area contributed by atoms with Crippen molar-refractivity contribution in [3.8, 4) is 0 Å². The van der Waals surface area contributed by atoms with Gasteiger partial charge >= 0.3 is 0 Å². The first-order chi connectivity index (χ1) is 6.08. The van der Waals surface area contributed by atoms with E-state index in [1.165, 1.54) is 0 Å². The van der Waals surface area contributed by atoms with Crippen molar-refractivity contribution in [2.24, 2.45) is 0 Å². The molecule has 0 aliphatic carbocycles. The summed E-state index contributed by atoms with van der Waals surface area (Å²) in [5.74, 6) is -0.825. The average molecular weight is 201 g/mol. The van der Waals surface area contributed by atoms with Gasteiger partial charge in [-0.15, -0.1) is 0 Å². The zero-order valence-electron chi connectivity index (χ0n) is 6.87. The van der Waals surface area contributed by atoms with Gasteiger partial charge in [0.05, 0.1) is 12.5 Å². The molecule has 70 valence electrons. The highest BCUT2D eigenvalue weighted by Gasteiger charge is 1.98. The third-order valence-electron chi connectivity index (χ3n) is 1.24. The van der Waals surface area contributed by atoms with E-state index in [0.29, 0.717) is 11.5 Å². The van der Waals surface area contributed by atoms with Crippen LogP contribution in [0, 0.1) is 6.92 Å². The summed E-state index contributed by atoms with van der Waals surface area (Å²) in [6, 6.07) is 1.59. The van der Waals surface area contributed by atoms with E-state index >= 15 is 0 Å². The summed E-state index contributed by atoms with van der Waals surface area (Å²) < 4.78 is 0. The SMILES string of the molecule is Cc1cc(NCC(=O)[O-])nc(Cl)n1. The fourth-order valence-corrected chi connectivity index (χ4v) is 1.01. The monoisotopic (exact) mass is 200 g/mol. The summed E-state index contributed by atoms with van der Waals surface area (Å²) in [5.41, 5.74) is 0.667. The van der Waals surface area contributed by atoms with Crippen LogP contribution in [0.1, 0.15) is 5.69 Å². The van der Waals surface area contributed by atoms with E-state index in [9.17, 15) is 9.90 Å². The van der Waals surface area contributed by atoms with E-state index in [0.717, 1.165) is 0 Å².